The molecule has 0 fully saturated rings. The average Bonchev–Trinajstić information content (AvgIpc) is 2.53. The molecule has 6 heteroatoms. The van der Waals surface area contributed by atoms with Crippen molar-refractivity contribution in [2.75, 3.05) is 5.73 Å². The summed E-state index contributed by atoms with van der Waals surface area (Å²) in [6, 6.07) is 14.1. The Bertz CT molecular complexity index is 852. The van der Waals surface area contributed by atoms with Crippen LogP contribution in [0.1, 0.15) is 16.2 Å². The fourth-order valence-electron chi connectivity index (χ4n) is 2.05. The minimum atomic E-state index is -0.527. The van der Waals surface area contributed by atoms with Crippen LogP contribution in [-0.4, -0.2) is 15.9 Å². The normalized spacial score (nSPS) is 10.6. The first-order valence-corrected chi connectivity index (χ1v) is 6.96. The number of rotatable bonds is 3. The van der Waals surface area contributed by atoms with E-state index >= 15 is 0 Å². The molecule has 110 valence electrons. The van der Waals surface area contributed by atoms with E-state index in [1.807, 2.05) is 24.3 Å². The summed E-state index contributed by atoms with van der Waals surface area (Å²) in [5.41, 5.74) is 6.90. The second-order valence-corrected chi connectivity index (χ2v) is 5.01. The van der Waals surface area contributed by atoms with Crippen molar-refractivity contribution in [3.8, 4) is 0 Å². The summed E-state index contributed by atoms with van der Waals surface area (Å²) in [5, 5.41) is 1.11. The van der Waals surface area contributed by atoms with Crippen molar-refractivity contribution < 1.29 is 9.53 Å². The Morgan fingerprint density at radius 1 is 1.09 bits per heavy atom. The van der Waals surface area contributed by atoms with Gasteiger partial charge in [0.25, 0.3) is 0 Å². The standard InChI is InChI=1S/C16H12ClN3O2/c17-12-7-3-1-5-10(12)16(21)22-9-14-19-13-8-4-2-6-11(13)15(18)20-14/h1-8H,9H2,(H2,18,19,20). The van der Waals surface area contributed by atoms with Gasteiger partial charge in [-0.2, -0.15) is 0 Å². The quantitative estimate of drug-likeness (QED) is 0.751. The third-order valence-corrected chi connectivity index (χ3v) is 3.43. The molecule has 22 heavy (non-hydrogen) atoms. The van der Waals surface area contributed by atoms with Gasteiger partial charge in [0.2, 0.25) is 0 Å². The van der Waals surface area contributed by atoms with Crippen LogP contribution in [0.3, 0.4) is 0 Å². The van der Waals surface area contributed by atoms with Crippen LogP contribution >= 0.6 is 11.6 Å². The molecule has 0 spiro atoms. The Balaban J connectivity index is 1.79. The molecule has 3 rings (SSSR count). The smallest absolute Gasteiger partial charge is 0.340 e. The molecule has 2 aromatic carbocycles. The van der Waals surface area contributed by atoms with Crippen molar-refractivity contribution in [2.45, 2.75) is 6.61 Å². The number of aromatic nitrogens is 2. The lowest BCUT2D eigenvalue weighted by molar-refractivity contribution is 0.0463. The second-order valence-electron chi connectivity index (χ2n) is 4.60. The summed E-state index contributed by atoms with van der Waals surface area (Å²) in [7, 11) is 0. The van der Waals surface area contributed by atoms with E-state index in [1.165, 1.54) is 0 Å². The molecule has 1 heterocycles. The van der Waals surface area contributed by atoms with Crippen molar-refractivity contribution in [1.82, 2.24) is 9.97 Å². The highest BCUT2D eigenvalue weighted by Crippen LogP contribution is 2.19. The zero-order chi connectivity index (χ0) is 15.5. The average molecular weight is 314 g/mol. The number of nitrogen functional groups attached to an aromatic ring is 1. The van der Waals surface area contributed by atoms with Gasteiger partial charge in [0.15, 0.2) is 12.4 Å². The number of anilines is 1. The Morgan fingerprint density at radius 2 is 1.82 bits per heavy atom. The topological polar surface area (TPSA) is 78.1 Å². The molecule has 0 aliphatic heterocycles. The summed E-state index contributed by atoms with van der Waals surface area (Å²) in [6.07, 6.45) is 0. The fraction of sp³-hybridized carbons (Fsp3) is 0.0625. The molecule has 0 aliphatic rings. The van der Waals surface area contributed by atoms with E-state index in [4.69, 9.17) is 22.1 Å². The summed E-state index contributed by atoms with van der Waals surface area (Å²) in [5.74, 6) is 0.173. The molecule has 2 N–H and O–H groups in total. The van der Waals surface area contributed by atoms with E-state index in [2.05, 4.69) is 9.97 Å². The zero-order valence-electron chi connectivity index (χ0n) is 11.5. The molecular formula is C16H12ClN3O2. The van der Waals surface area contributed by atoms with Crippen molar-refractivity contribution in [3.05, 3.63) is 64.9 Å². The van der Waals surface area contributed by atoms with E-state index in [0.29, 0.717) is 27.7 Å². The molecule has 3 aromatic rings. The third-order valence-electron chi connectivity index (χ3n) is 3.11. The Morgan fingerprint density at radius 3 is 2.64 bits per heavy atom. The molecule has 1 aromatic heterocycles. The van der Waals surface area contributed by atoms with Crippen LogP contribution in [0.15, 0.2) is 48.5 Å². The maximum Gasteiger partial charge on any atom is 0.340 e. The number of para-hydroxylation sites is 1. The van der Waals surface area contributed by atoms with Gasteiger partial charge in [-0.05, 0) is 24.3 Å². The Hall–Kier alpha value is -2.66. The van der Waals surface area contributed by atoms with Crippen molar-refractivity contribution >= 4 is 34.3 Å². The molecule has 0 saturated carbocycles. The van der Waals surface area contributed by atoms with Crippen LogP contribution in [0.4, 0.5) is 5.82 Å². The van der Waals surface area contributed by atoms with Crippen LogP contribution in [-0.2, 0) is 11.3 Å². The Labute approximate surface area is 131 Å². The number of nitrogens with two attached hydrogens (primary N) is 1. The van der Waals surface area contributed by atoms with E-state index in [0.717, 1.165) is 5.39 Å². The number of nitrogens with zero attached hydrogens (tertiary/aromatic N) is 2. The lowest BCUT2D eigenvalue weighted by Crippen LogP contribution is -2.09. The van der Waals surface area contributed by atoms with Crippen LogP contribution < -0.4 is 5.73 Å². The lowest BCUT2D eigenvalue weighted by atomic mass is 10.2. The van der Waals surface area contributed by atoms with E-state index in [1.54, 1.807) is 24.3 Å². The highest BCUT2D eigenvalue weighted by atomic mass is 35.5. The first kappa shape index (κ1) is 14.3. The number of carbonyl (C=O) groups is 1. The maximum atomic E-state index is 12.0. The van der Waals surface area contributed by atoms with Gasteiger partial charge in [-0.25, -0.2) is 14.8 Å². The van der Waals surface area contributed by atoms with Gasteiger partial charge in [-0.1, -0.05) is 35.9 Å². The predicted octanol–water partition coefficient (Wildman–Crippen LogP) is 3.22. The molecule has 0 bridgehead atoms. The molecule has 0 aliphatic carbocycles. The molecule has 5 nitrogen and oxygen atoms in total. The number of carbonyl (C=O) groups excluding carboxylic acids is 1. The van der Waals surface area contributed by atoms with E-state index in [9.17, 15) is 4.79 Å². The fourth-order valence-corrected chi connectivity index (χ4v) is 2.26. The SMILES string of the molecule is Nc1nc(COC(=O)c2ccccc2Cl)nc2ccccc12. The van der Waals surface area contributed by atoms with Gasteiger partial charge in [-0.15, -0.1) is 0 Å². The largest absolute Gasteiger partial charge is 0.454 e. The van der Waals surface area contributed by atoms with E-state index < -0.39 is 5.97 Å². The minimum absolute atomic E-state index is 0.0703. The Kier molecular flexibility index (Phi) is 3.89. The number of fused-ring (bicyclic) bond motifs is 1. The van der Waals surface area contributed by atoms with Crippen LogP contribution in [0, 0.1) is 0 Å². The number of esters is 1. The third kappa shape index (κ3) is 2.84. The highest BCUT2D eigenvalue weighted by molar-refractivity contribution is 6.33. The van der Waals surface area contributed by atoms with Gasteiger partial charge in [0.05, 0.1) is 16.1 Å². The summed E-state index contributed by atoms with van der Waals surface area (Å²) in [4.78, 5) is 20.5. The zero-order valence-corrected chi connectivity index (χ0v) is 12.2. The summed E-state index contributed by atoms with van der Waals surface area (Å²) < 4.78 is 5.19. The molecule has 0 amide bonds. The van der Waals surface area contributed by atoms with Crippen LogP contribution in [0.5, 0.6) is 0 Å². The first-order chi connectivity index (χ1) is 10.6. The second kappa shape index (κ2) is 5.99. The molecule has 0 unspecified atom stereocenters. The van der Waals surface area contributed by atoms with Crippen LogP contribution in [0.2, 0.25) is 5.02 Å². The molecular weight excluding hydrogens is 302 g/mol. The predicted molar refractivity (Wildman–Crippen MR) is 84.5 cm³/mol. The monoisotopic (exact) mass is 313 g/mol. The van der Waals surface area contributed by atoms with Gasteiger partial charge >= 0.3 is 5.97 Å². The van der Waals surface area contributed by atoms with Gasteiger partial charge in [-0.3, -0.25) is 0 Å². The number of ether oxygens (including phenoxy) is 1. The molecule has 0 saturated heterocycles. The number of halogens is 1. The van der Waals surface area contributed by atoms with Crippen molar-refractivity contribution in [1.29, 1.82) is 0 Å². The van der Waals surface area contributed by atoms with Gasteiger partial charge in [0, 0.05) is 5.39 Å². The number of hydrogen-bond acceptors (Lipinski definition) is 5. The summed E-state index contributed by atoms with van der Waals surface area (Å²) >= 11 is 5.95. The lowest BCUT2D eigenvalue weighted by Gasteiger charge is -2.07. The van der Waals surface area contributed by atoms with Crippen molar-refractivity contribution in [2.24, 2.45) is 0 Å². The van der Waals surface area contributed by atoms with Crippen LogP contribution in [0.25, 0.3) is 10.9 Å². The molecule has 0 atom stereocenters. The van der Waals surface area contributed by atoms with Gasteiger partial charge in [0.1, 0.15) is 5.82 Å². The molecule has 0 radical (unpaired) electrons. The van der Waals surface area contributed by atoms with Gasteiger partial charge < -0.3 is 10.5 Å². The first-order valence-electron chi connectivity index (χ1n) is 6.58. The highest BCUT2D eigenvalue weighted by Gasteiger charge is 2.12. The number of benzene rings is 2. The minimum Gasteiger partial charge on any atom is -0.454 e. The van der Waals surface area contributed by atoms with E-state index in [-0.39, 0.29) is 6.61 Å². The summed E-state index contributed by atoms with van der Waals surface area (Å²) in [6.45, 7) is -0.0703. The number of hydrogen-bond donors (Lipinski definition) is 1. The van der Waals surface area contributed by atoms with Crippen molar-refractivity contribution in [3.63, 3.8) is 0 Å². The maximum absolute atomic E-state index is 12.0.